The van der Waals surface area contributed by atoms with Crippen LogP contribution in [0.15, 0.2) is 4.99 Å². The molecule has 8 nitrogen and oxygen atoms in total. The molecule has 1 amide bonds. The first-order chi connectivity index (χ1) is 12.9. The van der Waals surface area contributed by atoms with Crippen molar-refractivity contribution in [1.29, 1.82) is 0 Å². The van der Waals surface area contributed by atoms with Crippen LogP contribution in [-0.2, 0) is 18.4 Å². The Balaban J connectivity index is 0.00000392. The number of rotatable bonds is 7. The second kappa shape index (κ2) is 12.3. The largest absolute Gasteiger partial charge is 0.355 e. The highest BCUT2D eigenvalue weighted by Crippen LogP contribution is 2.12. The highest BCUT2D eigenvalue weighted by Gasteiger charge is 2.21. The van der Waals surface area contributed by atoms with E-state index in [1.165, 1.54) is 11.3 Å². The number of nitrogens with zero attached hydrogens (tertiary/aromatic N) is 4. The highest BCUT2D eigenvalue weighted by atomic mass is 127. The molecular formula is C19H36IN7O. The van der Waals surface area contributed by atoms with E-state index in [1.54, 1.807) is 7.05 Å². The zero-order valence-corrected chi connectivity index (χ0v) is 20.2. The van der Waals surface area contributed by atoms with Gasteiger partial charge in [0.1, 0.15) is 0 Å². The number of aliphatic imine (C=N–C) groups is 1. The Hall–Kier alpha value is -1.36. The molecule has 9 heteroatoms. The van der Waals surface area contributed by atoms with Crippen molar-refractivity contribution in [3.05, 3.63) is 17.0 Å². The maximum Gasteiger partial charge on any atom is 0.234 e. The molecule has 2 heterocycles. The molecule has 0 aromatic carbocycles. The van der Waals surface area contributed by atoms with E-state index in [4.69, 9.17) is 0 Å². The maximum absolute atomic E-state index is 11.8. The molecule has 1 saturated heterocycles. The number of guanidine groups is 1. The minimum atomic E-state index is 0. The topological polar surface area (TPSA) is 86.6 Å². The first-order valence-corrected chi connectivity index (χ1v) is 9.89. The molecular weight excluding hydrogens is 469 g/mol. The van der Waals surface area contributed by atoms with E-state index in [0.29, 0.717) is 19.1 Å². The first kappa shape index (κ1) is 24.7. The smallest absolute Gasteiger partial charge is 0.234 e. The van der Waals surface area contributed by atoms with Gasteiger partial charge >= 0.3 is 0 Å². The zero-order valence-electron chi connectivity index (χ0n) is 17.8. The van der Waals surface area contributed by atoms with Crippen molar-refractivity contribution in [2.45, 2.75) is 52.6 Å². The second-order valence-electron chi connectivity index (χ2n) is 7.24. The van der Waals surface area contributed by atoms with Gasteiger partial charge in [0.05, 0.1) is 12.2 Å². The van der Waals surface area contributed by atoms with Gasteiger partial charge in [0.25, 0.3) is 0 Å². The quantitative estimate of drug-likeness (QED) is 0.296. The van der Waals surface area contributed by atoms with Crippen LogP contribution in [-0.4, -0.2) is 65.8 Å². The fourth-order valence-electron chi connectivity index (χ4n) is 3.39. The molecule has 0 saturated carbocycles. The van der Waals surface area contributed by atoms with Gasteiger partial charge in [-0.15, -0.1) is 24.0 Å². The Morgan fingerprint density at radius 2 is 1.93 bits per heavy atom. The standard InChI is InChI=1S/C19H35N7O.HI/c1-6-9-21-18(27)13-26-10-7-16(8-11-26)23-19(20-4)22-12-17-14(2)24-25(5)15(17)3;/h16H,6-13H2,1-5H3,(H,21,27)(H2,20,22,23);1H. The fraction of sp³-hybridized carbons (Fsp3) is 0.737. The number of hydrogen-bond acceptors (Lipinski definition) is 4. The molecule has 0 aliphatic carbocycles. The molecule has 2 rings (SSSR count). The van der Waals surface area contributed by atoms with Crippen molar-refractivity contribution in [3.8, 4) is 0 Å². The van der Waals surface area contributed by atoms with Crippen LogP contribution in [0.3, 0.4) is 0 Å². The number of carbonyl (C=O) groups is 1. The number of aryl methyl sites for hydroxylation is 2. The molecule has 0 atom stereocenters. The summed E-state index contributed by atoms with van der Waals surface area (Å²) in [5, 5.41) is 14.3. The third kappa shape index (κ3) is 7.23. The lowest BCUT2D eigenvalue weighted by molar-refractivity contribution is -0.122. The molecule has 28 heavy (non-hydrogen) atoms. The van der Waals surface area contributed by atoms with Crippen molar-refractivity contribution in [3.63, 3.8) is 0 Å². The Kier molecular flexibility index (Phi) is 10.8. The number of carbonyl (C=O) groups excluding carboxylic acids is 1. The lowest BCUT2D eigenvalue weighted by Gasteiger charge is -2.32. The van der Waals surface area contributed by atoms with Gasteiger partial charge in [-0.25, -0.2) is 0 Å². The molecule has 1 aliphatic heterocycles. The monoisotopic (exact) mass is 505 g/mol. The highest BCUT2D eigenvalue weighted by molar-refractivity contribution is 14.0. The Morgan fingerprint density at radius 3 is 2.46 bits per heavy atom. The minimum absolute atomic E-state index is 0. The van der Waals surface area contributed by atoms with Gasteiger partial charge in [0.15, 0.2) is 5.96 Å². The average Bonchev–Trinajstić information content (AvgIpc) is 2.90. The number of amides is 1. The molecule has 1 fully saturated rings. The normalized spacial score (nSPS) is 15.8. The molecule has 3 N–H and O–H groups in total. The lowest BCUT2D eigenvalue weighted by atomic mass is 10.1. The molecule has 1 aromatic heterocycles. The van der Waals surface area contributed by atoms with E-state index < -0.39 is 0 Å². The van der Waals surface area contributed by atoms with Crippen LogP contribution < -0.4 is 16.0 Å². The molecule has 0 spiro atoms. The van der Waals surface area contributed by atoms with Gasteiger partial charge in [-0.2, -0.15) is 5.10 Å². The van der Waals surface area contributed by atoms with Crippen molar-refractivity contribution in [1.82, 2.24) is 30.6 Å². The number of nitrogens with one attached hydrogen (secondary N) is 3. The lowest BCUT2D eigenvalue weighted by Crippen LogP contribution is -2.50. The van der Waals surface area contributed by atoms with Crippen molar-refractivity contribution in [2.75, 3.05) is 33.2 Å². The van der Waals surface area contributed by atoms with E-state index in [-0.39, 0.29) is 29.9 Å². The molecule has 1 aromatic rings. The van der Waals surface area contributed by atoms with Gasteiger partial charge < -0.3 is 16.0 Å². The van der Waals surface area contributed by atoms with E-state index in [2.05, 4.69) is 44.8 Å². The van der Waals surface area contributed by atoms with Gasteiger partial charge in [-0.05, 0) is 33.1 Å². The van der Waals surface area contributed by atoms with Crippen molar-refractivity contribution < 1.29 is 4.79 Å². The summed E-state index contributed by atoms with van der Waals surface area (Å²) in [6, 6.07) is 0.377. The van der Waals surface area contributed by atoms with E-state index >= 15 is 0 Å². The number of aromatic nitrogens is 2. The average molecular weight is 505 g/mol. The van der Waals surface area contributed by atoms with Gasteiger partial charge in [0.2, 0.25) is 5.91 Å². The summed E-state index contributed by atoms with van der Waals surface area (Å²) < 4.78 is 1.91. The minimum Gasteiger partial charge on any atom is -0.355 e. The third-order valence-corrected chi connectivity index (χ3v) is 5.18. The van der Waals surface area contributed by atoms with E-state index in [0.717, 1.165) is 50.6 Å². The van der Waals surface area contributed by atoms with E-state index in [9.17, 15) is 4.79 Å². The Bertz CT molecular complexity index is 651. The number of hydrogen-bond donors (Lipinski definition) is 3. The maximum atomic E-state index is 11.8. The predicted octanol–water partition coefficient (Wildman–Crippen LogP) is 1.31. The number of halogens is 1. The van der Waals surface area contributed by atoms with Crippen LogP contribution in [0, 0.1) is 13.8 Å². The fourth-order valence-corrected chi connectivity index (χ4v) is 3.39. The van der Waals surface area contributed by atoms with Crippen LogP contribution in [0.4, 0.5) is 0 Å². The Labute approximate surface area is 185 Å². The summed E-state index contributed by atoms with van der Waals surface area (Å²) in [5.74, 6) is 0.944. The van der Waals surface area contributed by atoms with Crippen LogP contribution >= 0.6 is 24.0 Å². The molecule has 0 unspecified atom stereocenters. The van der Waals surface area contributed by atoms with Crippen LogP contribution in [0.1, 0.15) is 43.1 Å². The Morgan fingerprint density at radius 1 is 1.25 bits per heavy atom. The summed E-state index contributed by atoms with van der Waals surface area (Å²) in [5.41, 5.74) is 3.44. The summed E-state index contributed by atoms with van der Waals surface area (Å²) in [6.45, 7) is 10.0. The number of piperidine rings is 1. The summed E-state index contributed by atoms with van der Waals surface area (Å²) in [6.07, 6.45) is 2.99. The van der Waals surface area contributed by atoms with Crippen molar-refractivity contribution >= 4 is 35.8 Å². The number of likely N-dealkylation sites (tertiary alicyclic amines) is 1. The zero-order chi connectivity index (χ0) is 19.8. The second-order valence-corrected chi connectivity index (χ2v) is 7.24. The summed E-state index contributed by atoms with van der Waals surface area (Å²) in [7, 11) is 3.76. The molecule has 1 aliphatic rings. The van der Waals surface area contributed by atoms with E-state index in [1.807, 2.05) is 18.7 Å². The van der Waals surface area contributed by atoms with Gasteiger partial charge in [-0.3, -0.25) is 19.4 Å². The molecule has 160 valence electrons. The SMILES string of the molecule is CCCNC(=O)CN1CCC(NC(=NC)NCc2c(C)nn(C)c2C)CC1.I. The van der Waals surface area contributed by atoms with Crippen LogP contribution in [0.5, 0.6) is 0 Å². The van der Waals surface area contributed by atoms with Crippen molar-refractivity contribution in [2.24, 2.45) is 12.0 Å². The summed E-state index contributed by atoms with van der Waals surface area (Å²) >= 11 is 0. The molecule has 0 radical (unpaired) electrons. The van der Waals surface area contributed by atoms with Crippen LogP contribution in [0.25, 0.3) is 0 Å². The molecule has 0 bridgehead atoms. The third-order valence-electron chi connectivity index (χ3n) is 5.18. The van der Waals surface area contributed by atoms with Crippen LogP contribution in [0.2, 0.25) is 0 Å². The predicted molar refractivity (Wildman–Crippen MR) is 124 cm³/mol. The van der Waals surface area contributed by atoms with Gasteiger partial charge in [0, 0.05) is 57.6 Å². The first-order valence-electron chi connectivity index (χ1n) is 9.89. The van der Waals surface area contributed by atoms with Gasteiger partial charge in [-0.1, -0.05) is 6.92 Å². The summed E-state index contributed by atoms with van der Waals surface area (Å²) in [4.78, 5) is 18.4.